The number of benzene rings is 2. The Kier molecular flexibility index (Phi) is 6.27. The van der Waals surface area contributed by atoms with E-state index in [1.54, 1.807) is 11.6 Å². The molecule has 0 saturated carbocycles. The number of nitrogens with one attached hydrogen (secondary N) is 1. The number of aryl methyl sites for hydroxylation is 3. The van der Waals surface area contributed by atoms with Crippen molar-refractivity contribution in [3.05, 3.63) is 76.5 Å². The molecule has 1 N–H and O–H groups in total. The molecule has 1 aliphatic heterocycles. The van der Waals surface area contributed by atoms with Gasteiger partial charge in [-0.25, -0.2) is 4.98 Å². The van der Waals surface area contributed by atoms with Crippen molar-refractivity contribution in [1.82, 2.24) is 14.5 Å². The van der Waals surface area contributed by atoms with Gasteiger partial charge in [-0.2, -0.15) is 11.8 Å². The Balaban J connectivity index is 1.56. The number of hydrogen-bond acceptors (Lipinski definition) is 4. The van der Waals surface area contributed by atoms with Crippen LogP contribution in [0.3, 0.4) is 0 Å². The summed E-state index contributed by atoms with van der Waals surface area (Å²) in [6, 6.07) is 15.8. The lowest BCUT2D eigenvalue weighted by Crippen LogP contribution is -2.18. The third-order valence-electron chi connectivity index (χ3n) is 6.42. The third kappa shape index (κ3) is 4.71. The van der Waals surface area contributed by atoms with Crippen LogP contribution in [0.25, 0.3) is 22.2 Å². The Morgan fingerprint density at radius 3 is 2.70 bits per heavy atom. The molecule has 1 saturated heterocycles. The number of H-pyrrole nitrogens is 1. The van der Waals surface area contributed by atoms with Crippen LogP contribution >= 0.6 is 11.8 Å². The molecule has 5 nitrogen and oxygen atoms in total. The number of imidazole rings is 1. The molecule has 0 atom stereocenters. The molecule has 4 aromatic rings. The van der Waals surface area contributed by atoms with E-state index in [0.717, 1.165) is 46.1 Å². The van der Waals surface area contributed by atoms with Crippen LogP contribution < -0.4 is 10.3 Å². The van der Waals surface area contributed by atoms with Crippen molar-refractivity contribution < 1.29 is 4.74 Å². The monoisotopic (exact) mass is 459 g/mol. The van der Waals surface area contributed by atoms with Crippen LogP contribution in [0.15, 0.2) is 59.5 Å². The number of pyridine rings is 1. The molecular formula is C27H29N3O2S. The van der Waals surface area contributed by atoms with Crippen molar-refractivity contribution in [3.8, 4) is 22.6 Å². The number of nitrogens with zero attached hydrogens (tertiary/aromatic N) is 2. The van der Waals surface area contributed by atoms with Gasteiger partial charge in [-0.15, -0.1) is 0 Å². The highest BCUT2D eigenvalue weighted by Crippen LogP contribution is 2.39. The Morgan fingerprint density at radius 2 is 1.94 bits per heavy atom. The molecule has 0 spiro atoms. The quantitative estimate of drug-likeness (QED) is 0.378. The molecule has 33 heavy (non-hydrogen) atoms. The summed E-state index contributed by atoms with van der Waals surface area (Å²) in [5.41, 5.74) is 4.37. The van der Waals surface area contributed by atoms with Crippen LogP contribution in [0, 0.1) is 12.8 Å². The van der Waals surface area contributed by atoms with Crippen molar-refractivity contribution in [2.45, 2.75) is 32.6 Å². The van der Waals surface area contributed by atoms with Crippen LogP contribution in [0.2, 0.25) is 0 Å². The molecule has 0 radical (unpaired) electrons. The molecular weight excluding hydrogens is 430 g/mol. The predicted molar refractivity (Wildman–Crippen MR) is 136 cm³/mol. The number of fused-ring (bicyclic) bond motifs is 1. The summed E-state index contributed by atoms with van der Waals surface area (Å²) < 4.78 is 8.05. The lowest BCUT2D eigenvalue weighted by atomic mass is 9.97. The summed E-state index contributed by atoms with van der Waals surface area (Å²) in [7, 11) is 1.78. The first-order valence-electron chi connectivity index (χ1n) is 11.6. The fourth-order valence-electron chi connectivity index (χ4n) is 4.56. The van der Waals surface area contributed by atoms with Crippen LogP contribution in [-0.4, -0.2) is 26.0 Å². The lowest BCUT2D eigenvalue weighted by Gasteiger charge is -2.20. The Labute approximate surface area is 198 Å². The Hall–Kier alpha value is -2.99. The van der Waals surface area contributed by atoms with E-state index in [1.165, 1.54) is 30.8 Å². The maximum absolute atomic E-state index is 12.3. The van der Waals surface area contributed by atoms with Gasteiger partial charge >= 0.3 is 0 Å². The maximum Gasteiger partial charge on any atom is 0.253 e. The van der Waals surface area contributed by atoms with Gasteiger partial charge in [-0.1, -0.05) is 18.2 Å². The van der Waals surface area contributed by atoms with Gasteiger partial charge in [0, 0.05) is 36.4 Å². The number of aromatic amines is 1. The average molecular weight is 460 g/mol. The molecule has 3 heterocycles. The smallest absolute Gasteiger partial charge is 0.253 e. The van der Waals surface area contributed by atoms with Gasteiger partial charge in [0.1, 0.15) is 17.1 Å². The number of ether oxygens (including phenoxy) is 1. The summed E-state index contributed by atoms with van der Waals surface area (Å²) in [6.45, 7) is 1.85. The summed E-state index contributed by atoms with van der Waals surface area (Å²) in [5.74, 6) is 5.84. The van der Waals surface area contributed by atoms with Crippen LogP contribution in [0.1, 0.15) is 30.7 Å². The Morgan fingerprint density at radius 1 is 1.15 bits per heavy atom. The van der Waals surface area contributed by atoms with E-state index in [1.807, 2.05) is 49.5 Å². The average Bonchev–Trinajstić information content (AvgIpc) is 3.26. The summed E-state index contributed by atoms with van der Waals surface area (Å²) in [5, 5.41) is 0. The Bertz CT molecular complexity index is 1290. The minimum atomic E-state index is 0.00789. The van der Waals surface area contributed by atoms with Gasteiger partial charge in [-0.05, 0) is 73.9 Å². The van der Waals surface area contributed by atoms with E-state index in [4.69, 9.17) is 9.72 Å². The molecule has 2 aromatic carbocycles. The van der Waals surface area contributed by atoms with Gasteiger partial charge in [-0.3, -0.25) is 4.79 Å². The van der Waals surface area contributed by atoms with E-state index in [9.17, 15) is 4.79 Å². The topological polar surface area (TPSA) is 59.9 Å². The highest BCUT2D eigenvalue weighted by Gasteiger charge is 2.19. The lowest BCUT2D eigenvalue weighted by molar-refractivity contribution is 0.450. The molecule has 0 bridgehead atoms. The second-order valence-electron chi connectivity index (χ2n) is 8.86. The number of thioether (sulfide) groups is 1. The fourth-order valence-corrected chi connectivity index (χ4v) is 5.76. The molecule has 1 aliphatic rings. The molecule has 0 amide bonds. The largest absolute Gasteiger partial charge is 0.454 e. The molecule has 1 fully saturated rings. The SMILES string of the molecule is Cc1cc(-c2ccc3[nH]c(CCC4CCSCC4)nc3c2Oc2ccccc2)cn(C)c1=O. The van der Waals surface area contributed by atoms with Crippen molar-refractivity contribution in [2.75, 3.05) is 11.5 Å². The number of para-hydroxylation sites is 1. The number of rotatable bonds is 6. The zero-order chi connectivity index (χ0) is 22.8. The zero-order valence-corrected chi connectivity index (χ0v) is 20.0. The van der Waals surface area contributed by atoms with Gasteiger partial charge in [0.15, 0.2) is 5.75 Å². The molecule has 6 heteroatoms. The number of hydrogen-bond donors (Lipinski definition) is 1. The first-order chi connectivity index (χ1) is 16.1. The minimum Gasteiger partial charge on any atom is -0.454 e. The molecule has 0 unspecified atom stereocenters. The standard InChI is InChI=1S/C27H29N3O2S/c1-18-16-20(17-30(2)27(18)31)22-9-10-23-25(26(22)32-21-6-4-3-5-7-21)29-24(28-23)11-8-19-12-14-33-15-13-19/h3-7,9-10,16-17,19H,8,11-15H2,1-2H3,(H,28,29). The minimum absolute atomic E-state index is 0.00789. The van der Waals surface area contributed by atoms with E-state index in [-0.39, 0.29) is 5.56 Å². The third-order valence-corrected chi connectivity index (χ3v) is 7.47. The van der Waals surface area contributed by atoms with E-state index < -0.39 is 0 Å². The first-order valence-corrected chi connectivity index (χ1v) is 12.7. The van der Waals surface area contributed by atoms with Crippen LogP contribution in [0.4, 0.5) is 0 Å². The van der Waals surface area contributed by atoms with Gasteiger partial charge in [0.05, 0.1) is 5.52 Å². The molecule has 0 aliphatic carbocycles. The van der Waals surface area contributed by atoms with Crippen LogP contribution in [0.5, 0.6) is 11.5 Å². The summed E-state index contributed by atoms with van der Waals surface area (Å²) in [4.78, 5) is 20.8. The predicted octanol–water partition coefficient (Wildman–Crippen LogP) is 6.11. The second kappa shape index (κ2) is 9.48. The molecule has 2 aromatic heterocycles. The fraction of sp³-hybridized carbons (Fsp3) is 0.333. The van der Waals surface area contributed by atoms with Gasteiger partial charge in [0.25, 0.3) is 5.56 Å². The zero-order valence-electron chi connectivity index (χ0n) is 19.1. The van der Waals surface area contributed by atoms with Crippen molar-refractivity contribution >= 4 is 22.8 Å². The molecule has 5 rings (SSSR count). The summed E-state index contributed by atoms with van der Waals surface area (Å²) >= 11 is 2.07. The highest BCUT2D eigenvalue weighted by molar-refractivity contribution is 7.99. The first kappa shape index (κ1) is 21.8. The van der Waals surface area contributed by atoms with Gasteiger partial charge < -0.3 is 14.3 Å². The van der Waals surface area contributed by atoms with Crippen molar-refractivity contribution in [2.24, 2.45) is 13.0 Å². The number of aromatic nitrogens is 3. The van der Waals surface area contributed by atoms with Crippen molar-refractivity contribution in [3.63, 3.8) is 0 Å². The van der Waals surface area contributed by atoms with E-state index in [0.29, 0.717) is 11.3 Å². The highest BCUT2D eigenvalue weighted by atomic mass is 32.2. The van der Waals surface area contributed by atoms with E-state index >= 15 is 0 Å². The van der Waals surface area contributed by atoms with Gasteiger partial charge in [0.2, 0.25) is 0 Å². The second-order valence-corrected chi connectivity index (χ2v) is 10.1. The van der Waals surface area contributed by atoms with E-state index in [2.05, 4.69) is 28.9 Å². The van der Waals surface area contributed by atoms with Crippen LogP contribution in [-0.2, 0) is 13.5 Å². The van der Waals surface area contributed by atoms with Crippen molar-refractivity contribution in [1.29, 1.82) is 0 Å². The normalized spacial score (nSPS) is 14.6. The summed E-state index contributed by atoms with van der Waals surface area (Å²) in [6.07, 6.45) is 6.60. The maximum atomic E-state index is 12.3. The molecule has 170 valence electrons.